The molecule has 4 aliphatic rings. The fourth-order valence-corrected chi connectivity index (χ4v) is 11.7. The number of hydrogen-bond acceptors (Lipinski definition) is 4. The maximum atomic E-state index is 13.2. The molecule has 6 heteroatoms. The van der Waals surface area contributed by atoms with Crippen LogP contribution in [-0.4, -0.2) is 45.8 Å². The Balaban J connectivity index is 1.56. The minimum atomic E-state index is -2.01. The highest BCUT2D eigenvalue weighted by atomic mass is 28.4. The van der Waals surface area contributed by atoms with Crippen LogP contribution in [0.3, 0.4) is 0 Å². The Morgan fingerprint density at radius 3 is 2.02 bits per heavy atom. The van der Waals surface area contributed by atoms with Crippen LogP contribution in [0, 0.1) is 34.0 Å². The lowest BCUT2D eigenvalue weighted by Crippen LogP contribution is -2.49. The summed E-state index contributed by atoms with van der Waals surface area (Å²) in [6, 6.07) is 0. The fraction of sp³-hybridized carbons (Fsp3) is 0.795. The summed E-state index contributed by atoms with van der Waals surface area (Å²) < 4.78 is 14.2. The number of allylic oxidation sites excluding steroid dienone is 4. The van der Waals surface area contributed by atoms with Crippen LogP contribution in [0.15, 0.2) is 47.6 Å². The van der Waals surface area contributed by atoms with Gasteiger partial charge in [-0.25, -0.2) is 0 Å². The summed E-state index contributed by atoms with van der Waals surface area (Å²) in [5.74, 6) is 1.70. The van der Waals surface area contributed by atoms with Gasteiger partial charge in [-0.05, 0) is 122 Å². The van der Waals surface area contributed by atoms with Crippen molar-refractivity contribution in [2.24, 2.45) is 34.0 Å². The smallest absolute Gasteiger partial charge is 0.192 e. The topological polar surface area (TPSA) is 55.8 Å². The van der Waals surface area contributed by atoms with E-state index in [9.17, 15) is 9.90 Å². The van der Waals surface area contributed by atoms with Crippen LogP contribution in [0.2, 0.25) is 36.3 Å². The first-order chi connectivity index (χ1) is 22.7. The van der Waals surface area contributed by atoms with E-state index in [0.29, 0.717) is 17.8 Å². The predicted molar refractivity (Wildman–Crippen MR) is 217 cm³/mol. The molecule has 0 unspecified atom stereocenters. The Morgan fingerprint density at radius 2 is 1.48 bits per heavy atom. The molecule has 4 fully saturated rings. The van der Waals surface area contributed by atoms with Crippen molar-refractivity contribution in [3.05, 3.63) is 47.6 Å². The standard InChI is InChI=1S/C44H76O4Si2/c1-30(19-24-38(45)44(26-27-44)39(46)40(3,4)5)35-22-23-36-32(18-17-25-43(35,36)12)20-21-33-28-34(47-49(13,14)41(6,7)8)29-37(31(33)2)48-50(15,16)42(9,10)11/h19-21,24,30,34-38,45H,2,17-18,22-23,25-29H2,1,3-16H3/t30-,34-,35-,36+,37+,38-,43-/m1/s1. The quantitative estimate of drug-likeness (QED) is 0.180. The highest BCUT2D eigenvalue weighted by molar-refractivity contribution is 6.74. The van der Waals surface area contributed by atoms with E-state index in [2.05, 4.69) is 106 Å². The number of fused-ring (bicyclic) bond motifs is 1. The van der Waals surface area contributed by atoms with Crippen LogP contribution in [0.1, 0.15) is 134 Å². The van der Waals surface area contributed by atoms with E-state index < -0.39 is 33.6 Å². The number of aliphatic hydroxyl groups excluding tert-OH is 1. The van der Waals surface area contributed by atoms with Crippen LogP contribution in [-0.2, 0) is 13.6 Å². The highest BCUT2D eigenvalue weighted by Gasteiger charge is 2.57. The van der Waals surface area contributed by atoms with Crippen molar-refractivity contribution in [1.82, 2.24) is 0 Å². The number of rotatable bonds is 10. The molecule has 0 aromatic carbocycles. The summed E-state index contributed by atoms with van der Waals surface area (Å²) in [6.07, 6.45) is 18.0. The van der Waals surface area contributed by atoms with E-state index in [0.717, 1.165) is 37.7 Å². The van der Waals surface area contributed by atoms with Gasteiger partial charge in [-0.1, -0.05) is 113 Å². The average molecular weight is 725 g/mol. The van der Waals surface area contributed by atoms with Crippen molar-refractivity contribution < 1.29 is 18.8 Å². The van der Waals surface area contributed by atoms with Gasteiger partial charge in [0, 0.05) is 11.8 Å². The van der Waals surface area contributed by atoms with Crippen LogP contribution in [0.25, 0.3) is 0 Å². The van der Waals surface area contributed by atoms with Gasteiger partial charge in [0.25, 0.3) is 0 Å². The van der Waals surface area contributed by atoms with Gasteiger partial charge in [0.2, 0.25) is 0 Å². The molecule has 0 saturated heterocycles. The molecule has 4 rings (SSSR count). The summed E-state index contributed by atoms with van der Waals surface area (Å²) in [7, 11) is -3.97. The first-order valence-electron chi connectivity index (χ1n) is 20.0. The summed E-state index contributed by atoms with van der Waals surface area (Å²) in [4.78, 5) is 13.2. The summed E-state index contributed by atoms with van der Waals surface area (Å²) >= 11 is 0. The molecule has 4 nitrogen and oxygen atoms in total. The van der Waals surface area contributed by atoms with Crippen molar-refractivity contribution in [1.29, 1.82) is 0 Å². The van der Waals surface area contributed by atoms with Gasteiger partial charge in [-0.3, -0.25) is 4.79 Å². The molecule has 0 aromatic heterocycles. The Bertz CT molecular complexity index is 1360. The van der Waals surface area contributed by atoms with Crippen molar-refractivity contribution >= 4 is 22.4 Å². The third-order valence-corrected chi connectivity index (χ3v) is 23.5. The van der Waals surface area contributed by atoms with Crippen LogP contribution in [0.4, 0.5) is 0 Å². The predicted octanol–water partition coefficient (Wildman–Crippen LogP) is 12.1. The first kappa shape index (κ1) is 41.7. The van der Waals surface area contributed by atoms with Crippen molar-refractivity contribution in [2.75, 3.05) is 0 Å². The molecular formula is C44H76O4Si2. The Labute approximate surface area is 310 Å². The van der Waals surface area contributed by atoms with Crippen molar-refractivity contribution in [3.63, 3.8) is 0 Å². The molecule has 284 valence electrons. The number of Topliss-reactive ketones (excluding diaryl/α,β-unsaturated/α-hetero) is 1. The minimum absolute atomic E-state index is 0.00648. The van der Waals surface area contributed by atoms with Gasteiger partial charge in [0.05, 0.1) is 23.7 Å². The first-order valence-corrected chi connectivity index (χ1v) is 25.8. The largest absolute Gasteiger partial charge is 0.413 e. The summed E-state index contributed by atoms with van der Waals surface area (Å²) in [5.41, 5.74) is 3.30. The fourth-order valence-electron chi connectivity index (χ4n) is 9.05. The van der Waals surface area contributed by atoms with Gasteiger partial charge in [0.1, 0.15) is 5.78 Å². The molecule has 0 spiro atoms. The van der Waals surface area contributed by atoms with E-state index >= 15 is 0 Å². The molecular weight excluding hydrogens is 649 g/mol. The zero-order valence-electron chi connectivity index (χ0n) is 35.0. The zero-order valence-corrected chi connectivity index (χ0v) is 37.0. The van der Waals surface area contributed by atoms with E-state index in [1.165, 1.54) is 31.3 Å². The lowest BCUT2D eigenvalue weighted by molar-refractivity contribution is -0.135. The maximum absolute atomic E-state index is 13.2. The van der Waals surface area contributed by atoms with E-state index in [1.54, 1.807) is 5.57 Å². The van der Waals surface area contributed by atoms with E-state index in [4.69, 9.17) is 8.85 Å². The molecule has 7 atom stereocenters. The van der Waals surface area contributed by atoms with Crippen molar-refractivity contribution in [2.45, 2.75) is 189 Å². The van der Waals surface area contributed by atoms with Crippen LogP contribution < -0.4 is 0 Å². The van der Waals surface area contributed by atoms with Gasteiger partial charge >= 0.3 is 0 Å². The van der Waals surface area contributed by atoms with E-state index in [1.807, 2.05) is 26.8 Å². The van der Waals surface area contributed by atoms with Gasteiger partial charge in [-0.2, -0.15) is 0 Å². The molecule has 4 aliphatic carbocycles. The monoisotopic (exact) mass is 725 g/mol. The third-order valence-electron chi connectivity index (χ3n) is 14.5. The van der Waals surface area contributed by atoms with Gasteiger partial charge < -0.3 is 14.0 Å². The highest BCUT2D eigenvalue weighted by Crippen LogP contribution is 2.60. The molecule has 0 radical (unpaired) electrons. The molecule has 50 heavy (non-hydrogen) atoms. The SMILES string of the molecule is C=C1C(=CC=C2CCC[C@]3(C)[C@@H]([C@H](C)C=C[C@@H](O)C4(C(=O)C(C)(C)C)CC4)CC[C@@H]23)C[C@@H](O[Si](C)(C)C(C)(C)C)C[C@@H]1O[Si](C)(C)C(C)(C)C. The number of carbonyl (C=O) groups is 1. The normalized spacial score (nSPS) is 32.4. The second-order valence-corrected chi connectivity index (χ2v) is 30.8. The number of ketones is 1. The Morgan fingerprint density at radius 1 is 0.900 bits per heavy atom. The maximum Gasteiger partial charge on any atom is 0.192 e. The van der Waals surface area contributed by atoms with Gasteiger partial charge in [-0.15, -0.1) is 0 Å². The Hall–Kier alpha value is -1.06. The zero-order chi connectivity index (χ0) is 37.9. The number of carbonyl (C=O) groups excluding carboxylic acids is 1. The average Bonchev–Trinajstić information content (AvgIpc) is 3.69. The molecule has 0 amide bonds. The lowest BCUT2D eigenvalue weighted by Gasteiger charge is -2.45. The van der Waals surface area contributed by atoms with Crippen molar-refractivity contribution in [3.8, 4) is 0 Å². The molecule has 1 N–H and O–H groups in total. The molecule has 4 saturated carbocycles. The third kappa shape index (κ3) is 8.50. The van der Waals surface area contributed by atoms with Crippen LogP contribution in [0.5, 0.6) is 0 Å². The molecule has 0 aromatic rings. The summed E-state index contributed by atoms with van der Waals surface area (Å²) in [5, 5.41) is 11.5. The van der Waals surface area contributed by atoms with Crippen LogP contribution >= 0.6 is 0 Å². The van der Waals surface area contributed by atoms with E-state index in [-0.39, 0.29) is 33.5 Å². The van der Waals surface area contributed by atoms with Gasteiger partial charge in [0.15, 0.2) is 16.6 Å². The number of aliphatic hydroxyl groups is 1. The second-order valence-electron chi connectivity index (χ2n) is 21.3. The lowest BCUT2D eigenvalue weighted by atomic mass is 9.61. The molecule has 0 heterocycles. The second kappa shape index (κ2) is 14.3. The minimum Gasteiger partial charge on any atom is -0.413 e. The molecule has 0 bridgehead atoms. The Kier molecular flexibility index (Phi) is 11.9. The molecule has 0 aliphatic heterocycles. The number of hydrogen-bond donors (Lipinski definition) is 1. The summed E-state index contributed by atoms with van der Waals surface area (Å²) in [6.45, 7) is 38.9.